The predicted molar refractivity (Wildman–Crippen MR) is 63.9 cm³/mol. The van der Waals surface area contributed by atoms with Crippen molar-refractivity contribution in [1.29, 1.82) is 0 Å². The second-order valence-corrected chi connectivity index (χ2v) is 3.95. The number of anilines is 1. The molecule has 0 spiro atoms. The Morgan fingerprint density at radius 3 is 2.71 bits per heavy atom. The van der Waals surface area contributed by atoms with Crippen LogP contribution in [0.2, 0.25) is 0 Å². The molecule has 0 saturated heterocycles. The van der Waals surface area contributed by atoms with Crippen molar-refractivity contribution < 1.29 is 15.1 Å². The maximum atomic E-state index is 10.9. The van der Waals surface area contributed by atoms with E-state index in [9.17, 15) is 10.1 Å². The van der Waals surface area contributed by atoms with E-state index in [0.717, 1.165) is 0 Å². The van der Waals surface area contributed by atoms with Crippen molar-refractivity contribution in [1.82, 2.24) is 9.78 Å². The molecule has 1 aromatic rings. The molecule has 0 aliphatic carbocycles. The van der Waals surface area contributed by atoms with Crippen LogP contribution in [-0.2, 0) is 6.54 Å². The lowest BCUT2D eigenvalue weighted by atomic mass is 10.4. The molecular weight excluding hydrogens is 296 g/mol. The number of hydrogen-bond donors (Lipinski definition) is 3. The van der Waals surface area contributed by atoms with Gasteiger partial charge in [-0.05, 0) is 22.4 Å². The number of aromatic nitrogens is 2. The summed E-state index contributed by atoms with van der Waals surface area (Å²) in [5.41, 5.74) is -0.170. The molecule has 0 bridgehead atoms. The van der Waals surface area contributed by atoms with Gasteiger partial charge in [0.15, 0.2) is 0 Å². The molecule has 8 nitrogen and oxygen atoms in total. The van der Waals surface area contributed by atoms with Gasteiger partial charge in [0.2, 0.25) is 10.4 Å². The Balaban J connectivity index is 3.02. The molecule has 1 aromatic heterocycles. The van der Waals surface area contributed by atoms with Crippen LogP contribution in [0.3, 0.4) is 0 Å². The third-order valence-electron chi connectivity index (χ3n) is 2.00. The standard InChI is InChI=1S/C8H13BrN4O4/c9-7-6(13(16)17)8(10-2-5-15)12(11-7)3-1-4-14/h10,14-15H,1-5H2. The molecule has 0 aliphatic heterocycles. The Bertz CT molecular complexity index is 395. The fourth-order valence-electron chi connectivity index (χ4n) is 1.32. The summed E-state index contributed by atoms with van der Waals surface area (Å²) in [5.74, 6) is 0.226. The van der Waals surface area contributed by atoms with Gasteiger partial charge in [-0.3, -0.25) is 10.1 Å². The fourth-order valence-corrected chi connectivity index (χ4v) is 1.84. The first kappa shape index (κ1) is 13.9. The lowest BCUT2D eigenvalue weighted by molar-refractivity contribution is -0.384. The van der Waals surface area contributed by atoms with Gasteiger partial charge in [-0.2, -0.15) is 5.10 Å². The molecule has 0 atom stereocenters. The summed E-state index contributed by atoms with van der Waals surface area (Å²) in [7, 11) is 0. The number of aliphatic hydroxyl groups is 2. The van der Waals surface area contributed by atoms with Gasteiger partial charge < -0.3 is 15.5 Å². The first-order chi connectivity index (χ1) is 8.11. The highest BCUT2D eigenvalue weighted by molar-refractivity contribution is 9.10. The molecule has 0 aromatic carbocycles. The van der Waals surface area contributed by atoms with Crippen molar-refractivity contribution in [3.05, 3.63) is 14.7 Å². The lowest BCUT2D eigenvalue weighted by Gasteiger charge is -2.06. The van der Waals surface area contributed by atoms with Gasteiger partial charge in [-0.1, -0.05) is 0 Å². The quantitative estimate of drug-likeness (QED) is 0.494. The second kappa shape index (κ2) is 6.52. The summed E-state index contributed by atoms with van der Waals surface area (Å²) >= 11 is 3.01. The van der Waals surface area contributed by atoms with Gasteiger partial charge >= 0.3 is 5.69 Å². The minimum atomic E-state index is -0.549. The number of nitrogens with zero attached hydrogens (tertiary/aromatic N) is 3. The molecule has 3 N–H and O–H groups in total. The van der Waals surface area contributed by atoms with Crippen LogP contribution >= 0.6 is 15.9 Å². The summed E-state index contributed by atoms with van der Waals surface area (Å²) in [4.78, 5) is 10.3. The monoisotopic (exact) mass is 308 g/mol. The van der Waals surface area contributed by atoms with Crippen molar-refractivity contribution in [2.45, 2.75) is 13.0 Å². The molecule has 1 rings (SSSR count). The van der Waals surface area contributed by atoms with E-state index in [1.807, 2.05) is 0 Å². The number of aliphatic hydroxyl groups excluding tert-OH is 2. The number of aryl methyl sites for hydroxylation is 1. The molecule has 0 aliphatic rings. The first-order valence-electron chi connectivity index (χ1n) is 4.98. The van der Waals surface area contributed by atoms with E-state index in [-0.39, 0.29) is 35.9 Å². The Kier molecular flexibility index (Phi) is 5.32. The zero-order valence-corrected chi connectivity index (χ0v) is 10.6. The second-order valence-electron chi connectivity index (χ2n) is 3.20. The number of halogens is 1. The van der Waals surface area contributed by atoms with Crippen LogP contribution in [0, 0.1) is 10.1 Å². The largest absolute Gasteiger partial charge is 0.396 e. The molecule has 17 heavy (non-hydrogen) atoms. The van der Waals surface area contributed by atoms with Crippen LogP contribution in [0.25, 0.3) is 0 Å². The molecule has 0 unspecified atom stereocenters. The van der Waals surface area contributed by atoms with Gasteiger partial charge in [0.25, 0.3) is 0 Å². The van der Waals surface area contributed by atoms with Gasteiger partial charge in [0.1, 0.15) is 0 Å². The van der Waals surface area contributed by atoms with E-state index >= 15 is 0 Å². The Morgan fingerprint density at radius 1 is 1.47 bits per heavy atom. The van der Waals surface area contributed by atoms with Gasteiger partial charge in [0.05, 0.1) is 11.5 Å². The van der Waals surface area contributed by atoms with Crippen LogP contribution in [0.5, 0.6) is 0 Å². The Labute approximate surface area is 106 Å². The van der Waals surface area contributed by atoms with E-state index in [1.165, 1.54) is 4.68 Å². The highest BCUT2D eigenvalue weighted by Gasteiger charge is 2.25. The van der Waals surface area contributed by atoms with Crippen molar-refractivity contribution in [3.8, 4) is 0 Å². The lowest BCUT2D eigenvalue weighted by Crippen LogP contribution is -2.13. The maximum Gasteiger partial charge on any atom is 0.345 e. The minimum Gasteiger partial charge on any atom is -0.396 e. The number of nitrogens with one attached hydrogen (secondary N) is 1. The molecule has 0 amide bonds. The third kappa shape index (κ3) is 3.38. The summed E-state index contributed by atoms with van der Waals surface area (Å²) in [6.07, 6.45) is 0.444. The highest BCUT2D eigenvalue weighted by Crippen LogP contribution is 2.32. The summed E-state index contributed by atoms with van der Waals surface area (Å²) in [5, 5.41) is 35.0. The van der Waals surface area contributed by atoms with Gasteiger partial charge in [-0.15, -0.1) is 0 Å². The Morgan fingerprint density at radius 2 is 2.18 bits per heavy atom. The zero-order chi connectivity index (χ0) is 12.8. The molecule has 0 saturated carbocycles. The van der Waals surface area contributed by atoms with Crippen LogP contribution < -0.4 is 5.32 Å². The van der Waals surface area contributed by atoms with E-state index in [4.69, 9.17) is 10.2 Å². The predicted octanol–water partition coefficient (Wildman–Crippen LogP) is 0.340. The zero-order valence-electron chi connectivity index (χ0n) is 8.97. The summed E-state index contributed by atoms with van der Waals surface area (Å²) < 4.78 is 1.52. The smallest absolute Gasteiger partial charge is 0.345 e. The normalized spacial score (nSPS) is 10.5. The van der Waals surface area contributed by atoms with Crippen LogP contribution in [0.4, 0.5) is 11.5 Å². The molecule has 9 heteroatoms. The molecule has 1 heterocycles. The van der Waals surface area contributed by atoms with Crippen molar-refractivity contribution in [2.24, 2.45) is 0 Å². The van der Waals surface area contributed by atoms with Crippen molar-refractivity contribution >= 4 is 27.4 Å². The number of rotatable bonds is 7. The molecule has 96 valence electrons. The van der Waals surface area contributed by atoms with Gasteiger partial charge in [0, 0.05) is 19.7 Å². The molecule has 0 radical (unpaired) electrons. The van der Waals surface area contributed by atoms with Crippen LogP contribution in [0.1, 0.15) is 6.42 Å². The number of nitro groups is 1. The fraction of sp³-hybridized carbons (Fsp3) is 0.625. The van der Waals surface area contributed by atoms with Crippen LogP contribution in [-0.4, -0.2) is 44.7 Å². The van der Waals surface area contributed by atoms with Gasteiger partial charge in [-0.25, -0.2) is 4.68 Å². The average molecular weight is 309 g/mol. The van der Waals surface area contributed by atoms with Crippen molar-refractivity contribution in [3.63, 3.8) is 0 Å². The first-order valence-corrected chi connectivity index (χ1v) is 5.77. The molecule has 0 fully saturated rings. The van der Waals surface area contributed by atoms with E-state index in [1.54, 1.807) is 0 Å². The highest BCUT2D eigenvalue weighted by atomic mass is 79.9. The average Bonchev–Trinajstić information content (AvgIpc) is 2.60. The number of hydrogen-bond acceptors (Lipinski definition) is 6. The summed E-state index contributed by atoms with van der Waals surface area (Å²) in [6.45, 7) is 0.388. The van der Waals surface area contributed by atoms with E-state index < -0.39 is 4.92 Å². The SMILES string of the molecule is O=[N+]([O-])c1c(Br)nn(CCCO)c1NCCO. The van der Waals surface area contributed by atoms with Crippen molar-refractivity contribution in [2.75, 3.05) is 25.1 Å². The Hall–Kier alpha value is -1.19. The minimum absolute atomic E-state index is 0.0231. The van der Waals surface area contributed by atoms with E-state index in [0.29, 0.717) is 13.0 Å². The van der Waals surface area contributed by atoms with E-state index in [2.05, 4.69) is 26.3 Å². The maximum absolute atomic E-state index is 10.9. The topological polar surface area (TPSA) is 113 Å². The third-order valence-corrected chi connectivity index (χ3v) is 2.54. The summed E-state index contributed by atoms with van der Waals surface area (Å²) in [6, 6.07) is 0. The molecular formula is C8H13BrN4O4. The van der Waals surface area contributed by atoms with Crippen LogP contribution in [0.15, 0.2) is 4.60 Å².